The summed E-state index contributed by atoms with van der Waals surface area (Å²) in [5.41, 5.74) is 0.709. The highest BCUT2D eigenvalue weighted by atomic mass is 35.5. The van der Waals surface area contributed by atoms with E-state index >= 15 is 0 Å². The summed E-state index contributed by atoms with van der Waals surface area (Å²) in [4.78, 5) is 26.1. The second kappa shape index (κ2) is 7.34. The number of carbonyl (C=O) groups is 2. The third-order valence-corrected chi connectivity index (χ3v) is 5.04. The van der Waals surface area contributed by atoms with Gasteiger partial charge in [-0.2, -0.15) is 5.10 Å². The summed E-state index contributed by atoms with van der Waals surface area (Å²) >= 11 is 6.03. The smallest absolute Gasteiger partial charge is 0.343 e. The average molecular weight is 342 g/mol. The molecule has 0 aliphatic heterocycles. The molecule has 1 heterocycles. The van der Waals surface area contributed by atoms with E-state index in [1.165, 1.54) is 4.68 Å². The summed E-state index contributed by atoms with van der Waals surface area (Å²) < 4.78 is 6.54. The van der Waals surface area contributed by atoms with Crippen LogP contribution in [0.2, 0.25) is 5.15 Å². The molecule has 128 valence electrons. The Morgan fingerprint density at radius 3 is 2.48 bits per heavy atom. The Morgan fingerprint density at radius 2 is 1.96 bits per heavy atom. The van der Waals surface area contributed by atoms with Gasteiger partial charge in [0, 0.05) is 20.1 Å². The highest BCUT2D eigenvalue weighted by Gasteiger charge is 2.26. The van der Waals surface area contributed by atoms with Crippen molar-refractivity contribution < 1.29 is 14.3 Å². The van der Waals surface area contributed by atoms with Crippen LogP contribution in [-0.2, 0) is 16.6 Å². The lowest BCUT2D eigenvalue weighted by atomic mass is 9.87. The van der Waals surface area contributed by atoms with Gasteiger partial charge in [-0.15, -0.1) is 0 Å². The Hall–Kier alpha value is -1.56. The molecule has 0 saturated heterocycles. The average Bonchev–Trinajstić information content (AvgIpc) is 2.77. The quantitative estimate of drug-likeness (QED) is 0.789. The maximum Gasteiger partial charge on any atom is 0.343 e. The van der Waals surface area contributed by atoms with Crippen LogP contribution in [0, 0.1) is 12.8 Å². The molecule has 1 aliphatic carbocycles. The third kappa shape index (κ3) is 4.05. The summed E-state index contributed by atoms with van der Waals surface area (Å²) in [5, 5.41) is 4.28. The molecule has 1 aromatic rings. The number of hydrogen-bond donors (Lipinski definition) is 0. The highest BCUT2D eigenvalue weighted by molar-refractivity contribution is 6.32. The number of rotatable bonds is 4. The number of nitrogens with zero attached hydrogens (tertiary/aromatic N) is 3. The molecule has 1 aliphatic rings. The fraction of sp³-hybridized carbons (Fsp3) is 0.688. The second-order valence-electron chi connectivity index (χ2n) is 6.37. The van der Waals surface area contributed by atoms with E-state index in [2.05, 4.69) is 12.0 Å². The Balaban J connectivity index is 1.89. The first kappa shape index (κ1) is 17.8. The SMILES string of the molecule is Cc1nn(C)c(Cl)c1C(=O)OCC(=O)N(C)C1CCC(C)CC1. The van der Waals surface area contributed by atoms with E-state index in [0.29, 0.717) is 5.69 Å². The minimum atomic E-state index is -0.611. The molecule has 0 N–H and O–H groups in total. The van der Waals surface area contributed by atoms with Crippen LogP contribution in [0.5, 0.6) is 0 Å². The number of carbonyl (C=O) groups excluding carboxylic acids is 2. The summed E-state index contributed by atoms with van der Waals surface area (Å²) in [6.45, 7) is 3.64. The number of aryl methyl sites for hydroxylation is 2. The van der Waals surface area contributed by atoms with Crippen LogP contribution >= 0.6 is 11.6 Å². The highest BCUT2D eigenvalue weighted by Crippen LogP contribution is 2.26. The van der Waals surface area contributed by atoms with Crippen LogP contribution in [-0.4, -0.2) is 46.3 Å². The first-order chi connectivity index (χ1) is 10.8. The van der Waals surface area contributed by atoms with E-state index in [0.717, 1.165) is 31.6 Å². The van der Waals surface area contributed by atoms with Gasteiger partial charge in [-0.25, -0.2) is 4.79 Å². The fourth-order valence-electron chi connectivity index (χ4n) is 3.00. The molecule has 0 spiro atoms. The molecule has 0 aromatic carbocycles. The first-order valence-corrected chi connectivity index (χ1v) is 8.31. The molecule has 23 heavy (non-hydrogen) atoms. The second-order valence-corrected chi connectivity index (χ2v) is 6.73. The predicted molar refractivity (Wildman–Crippen MR) is 87.4 cm³/mol. The van der Waals surface area contributed by atoms with Crippen molar-refractivity contribution in [2.24, 2.45) is 13.0 Å². The van der Waals surface area contributed by atoms with Gasteiger partial charge in [-0.3, -0.25) is 9.48 Å². The zero-order valence-corrected chi connectivity index (χ0v) is 14.9. The summed E-state index contributed by atoms with van der Waals surface area (Å²) in [7, 11) is 3.42. The minimum Gasteiger partial charge on any atom is -0.452 e. The molecule has 1 saturated carbocycles. The molecule has 1 fully saturated rings. The van der Waals surface area contributed by atoms with Gasteiger partial charge >= 0.3 is 5.97 Å². The van der Waals surface area contributed by atoms with E-state index < -0.39 is 5.97 Å². The number of amides is 1. The van der Waals surface area contributed by atoms with Crippen LogP contribution in [0.25, 0.3) is 0 Å². The molecule has 0 atom stereocenters. The maximum absolute atomic E-state index is 12.2. The van der Waals surface area contributed by atoms with Crippen molar-refractivity contribution >= 4 is 23.5 Å². The van der Waals surface area contributed by atoms with Crippen molar-refractivity contribution in [3.8, 4) is 0 Å². The number of esters is 1. The Bertz CT molecular complexity index is 592. The number of halogens is 1. The van der Waals surface area contributed by atoms with E-state index in [4.69, 9.17) is 16.3 Å². The number of ether oxygens (including phenoxy) is 1. The summed E-state index contributed by atoms with van der Waals surface area (Å²) in [6.07, 6.45) is 4.27. The standard InChI is InChI=1S/C16H24ClN3O3/c1-10-5-7-12(8-6-10)19(3)13(21)9-23-16(22)14-11(2)18-20(4)15(14)17/h10,12H,5-9H2,1-4H3. The normalized spacial score (nSPS) is 21.1. The minimum absolute atomic E-state index is 0.185. The molecular formula is C16H24ClN3O3. The van der Waals surface area contributed by atoms with Crippen molar-refractivity contribution in [1.29, 1.82) is 0 Å². The van der Waals surface area contributed by atoms with Crippen molar-refractivity contribution in [3.63, 3.8) is 0 Å². The van der Waals surface area contributed by atoms with Gasteiger partial charge in [0.2, 0.25) is 0 Å². The van der Waals surface area contributed by atoms with Crippen LogP contribution in [0.1, 0.15) is 48.7 Å². The largest absolute Gasteiger partial charge is 0.452 e. The lowest BCUT2D eigenvalue weighted by molar-refractivity contribution is -0.136. The third-order valence-electron chi connectivity index (χ3n) is 4.61. The van der Waals surface area contributed by atoms with Crippen LogP contribution < -0.4 is 0 Å². The summed E-state index contributed by atoms with van der Waals surface area (Å²) in [5.74, 6) is -0.0709. The lowest BCUT2D eigenvalue weighted by Gasteiger charge is -2.33. The van der Waals surface area contributed by atoms with Gasteiger partial charge in [-0.1, -0.05) is 18.5 Å². The number of likely N-dealkylation sites (N-methyl/N-ethyl adjacent to an activating group) is 1. The van der Waals surface area contributed by atoms with E-state index in [9.17, 15) is 9.59 Å². The molecule has 1 aromatic heterocycles. The maximum atomic E-state index is 12.2. The van der Waals surface area contributed by atoms with Gasteiger partial charge in [0.25, 0.3) is 5.91 Å². The zero-order valence-electron chi connectivity index (χ0n) is 14.1. The van der Waals surface area contributed by atoms with Crippen LogP contribution in [0.3, 0.4) is 0 Å². The van der Waals surface area contributed by atoms with Crippen molar-refractivity contribution in [3.05, 3.63) is 16.4 Å². The number of aromatic nitrogens is 2. The number of hydrogen-bond acceptors (Lipinski definition) is 4. The van der Waals surface area contributed by atoms with Gasteiger partial charge in [0.05, 0.1) is 5.69 Å². The zero-order chi connectivity index (χ0) is 17.1. The van der Waals surface area contributed by atoms with E-state index in [-0.39, 0.29) is 29.3 Å². The molecular weight excluding hydrogens is 318 g/mol. The van der Waals surface area contributed by atoms with Gasteiger partial charge in [0.1, 0.15) is 10.7 Å². The molecule has 0 bridgehead atoms. The topological polar surface area (TPSA) is 64.4 Å². The molecule has 0 unspecified atom stereocenters. The Morgan fingerprint density at radius 1 is 1.35 bits per heavy atom. The van der Waals surface area contributed by atoms with Gasteiger partial charge < -0.3 is 9.64 Å². The molecule has 1 amide bonds. The molecule has 7 heteroatoms. The van der Waals surface area contributed by atoms with Gasteiger partial charge in [-0.05, 0) is 38.5 Å². The molecule has 0 radical (unpaired) electrons. The summed E-state index contributed by atoms with van der Waals surface area (Å²) in [6, 6.07) is 0.237. The lowest BCUT2D eigenvalue weighted by Crippen LogP contribution is -2.41. The van der Waals surface area contributed by atoms with Crippen LogP contribution in [0.15, 0.2) is 0 Å². The van der Waals surface area contributed by atoms with Gasteiger partial charge in [0.15, 0.2) is 6.61 Å². The van der Waals surface area contributed by atoms with Crippen molar-refractivity contribution in [1.82, 2.24) is 14.7 Å². The van der Waals surface area contributed by atoms with Crippen LogP contribution in [0.4, 0.5) is 0 Å². The molecule has 6 nitrogen and oxygen atoms in total. The van der Waals surface area contributed by atoms with Crippen molar-refractivity contribution in [2.75, 3.05) is 13.7 Å². The predicted octanol–water partition coefficient (Wildman–Crippen LogP) is 2.58. The van der Waals surface area contributed by atoms with E-state index in [1.807, 2.05) is 0 Å². The fourth-order valence-corrected chi connectivity index (χ4v) is 3.25. The Kier molecular flexibility index (Phi) is 5.68. The first-order valence-electron chi connectivity index (χ1n) is 7.93. The Labute approximate surface area is 141 Å². The van der Waals surface area contributed by atoms with E-state index in [1.54, 1.807) is 25.9 Å². The van der Waals surface area contributed by atoms with Crippen molar-refractivity contribution in [2.45, 2.75) is 45.6 Å². The molecule has 2 rings (SSSR count). The monoisotopic (exact) mass is 341 g/mol.